The highest BCUT2D eigenvalue weighted by atomic mass is 35.5. The Labute approximate surface area is 198 Å². The van der Waals surface area contributed by atoms with E-state index in [4.69, 9.17) is 11.6 Å². The van der Waals surface area contributed by atoms with Crippen LogP contribution in [0.25, 0.3) is 22.9 Å². The molecule has 0 N–H and O–H groups in total. The first-order chi connectivity index (χ1) is 16.3. The van der Waals surface area contributed by atoms with E-state index in [0.717, 1.165) is 47.3 Å². The summed E-state index contributed by atoms with van der Waals surface area (Å²) in [6.45, 7) is 2.07. The number of allylic oxidation sites excluding steroid dienone is 1. The van der Waals surface area contributed by atoms with E-state index in [1.165, 1.54) is 10.6 Å². The van der Waals surface area contributed by atoms with Gasteiger partial charge in [0, 0.05) is 22.3 Å². The third kappa shape index (κ3) is 5.04. The third-order valence-corrected chi connectivity index (χ3v) is 5.50. The number of pyridine rings is 1. The van der Waals surface area contributed by atoms with Crippen LogP contribution in [0.15, 0.2) is 59.7 Å². The molecule has 3 aromatic heterocycles. The monoisotopic (exact) mass is 487 g/mol. The van der Waals surface area contributed by atoms with Crippen molar-refractivity contribution in [2.45, 2.75) is 38.9 Å². The van der Waals surface area contributed by atoms with Gasteiger partial charge in [0.2, 0.25) is 0 Å². The molecule has 0 spiro atoms. The van der Waals surface area contributed by atoms with Gasteiger partial charge >= 0.3 is 11.9 Å². The topological polar surface area (TPSA) is 65.1 Å². The van der Waals surface area contributed by atoms with Crippen molar-refractivity contribution in [1.82, 2.24) is 24.4 Å². The van der Waals surface area contributed by atoms with E-state index in [-0.39, 0.29) is 6.54 Å². The zero-order valence-electron chi connectivity index (χ0n) is 18.3. The Hall–Kier alpha value is -3.46. The Bertz CT molecular complexity index is 1370. The molecule has 4 aromatic rings. The highest BCUT2D eigenvalue weighted by Gasteiger charge is 2.32. The SMILES string of the molecule is CCCC/C=C/c1cnn2c(=O)n(Cc3ccc(C(F)(F)F)nc3)nc2c1-c1ccc(Cl)cc1. The van der Waals surface area contributed by atoms with Crippen LogP contribution in [0.2, 0.25) is 5.02 Å². The van der Waals surface area contributed by atoms with Crippen LogP contribution in [0, 0.1) is 0 Å². The van der Waals surface area contributed by atoms with E-state index in [2.05, 4.69) is 28.2 Å². The van der Waals surface area contributed by atoms with Gasteiger partial charge in [-0.1, -0.05) is 61.7 Å². The van der Waals surface area contributed by atoms with Crippen molar-refractivity contribution in [3.8, 4) is 11.1 Å². The van der Waals surface area contributed by atoms with E-state index >= 15 is 0 Å². The largest absolute Gasteiger partial charge is 0.433 e. The van der Waals surface area contributed by atoms with Crippen molar-refractivity contribution in [3.63, 3.8) is 0 Å². The molecule has 0 bridgehead atoms. The Morgan fingerprint density at radius 2 is 1.85 bits per heavy atom. The molecular formula is C24H21ClF3N5O. The summed E-state index contributed by atoms with van der Waals surface area (Å²) in [6.07, 6.45) is 5.21. The normalized spacial score (nSPS) is 12.1. The Morgan fingerprint density at radius 3 is 2.50 bits per heavy atom. The van der Waals surface area contributed by atoms with Crippen molar-refractivity contribution in [2.24, 2.45) is 0 Å². The van der Waals surface area contributed by atoms with Crippen LogP contribution in [0.5, 0.6) is 0 Å². The van der Waals surface area contributed by atoms with E-state index < -0.39 is 17.6 Å². The summed E-state index contributed by atoms with van der Waals surface area (Å²) in [4.78, 5) is 16.4. The molecule has 0 amide bonds. The number of benzene rings is 1. The smallest absolute Gasteiger partial charge is 0.251 e. The molecule has 0 radical (unpaired) electrons. The molecule has 0 fully saturated rings. The van der Waals surface area contributed by atoms with Crippen molar-refractivity contribution in [3.05, 3.63) is 87.2 Å². The fourth-order valence-electron chi connectivity index (χ4n) is 3.51. The van der Waals surface area contributed by atoms with Gasteiger partial charge in [0.25, 0.3) is 0 Å². The summed E-state index contributed by atoms with van der Waals surface area (Å²) in [6, 6.07) is 9.34. The zero-order chi connectivity index (χ0) is 24.3. The summed E-state index contributed by atoms with van der Waals surface area (Å²) in [5.74, 6) is 0. The molecule has 0 aliphatic rings. The molecule has 0 atom stereocenters. The standard InChI is InChI=1S/C24H21ClF3N5O/c1-2-3-4-5-6-18-14-30-33-22(21(18)17-8-10-19(25)11-9-17)31-32(23(33)34)15-16-7-12-20(29-13-16)24(26,27)28/h5-14H,2-4,15H2,1H3/b6-5+. The predicted molar refractivity (Wildman–Crippen MR) is 125 cm³/mol. The quantitative estimate of drug-likeness (QED) is 0.305. The predicted octanol–water partition coefficient (Wildman–Crippen LogP) is 5.88. The summed E-state index contributed by atoms with van der Waals surface area (Å²) in [5.41, 5.74) is 1.55. The first-order valence-corrected chi connectivity index (χ1v) is 11.1. The molecule has 4 rings (SSSR count). The van der Waals surface area contributed by atoms with Crippen LogP contribution in [0.3, 0.4) is 0 Å². The van der Waals surface area contributed by atoms with Crippen molar-refractivity contribution in [2.75, 3.05) is 0 Å². The number of halogens is 4. The molecule has 3 heterocycles. The second-order valence-corrected chi connectivity index (χ2v) is 8.19. The van der Waals surface area contributed by atoms with Gasteiger partial charge in [0.05, 0.1) is 12.7 Å². The number of nitrogens with zero attached hydrogens (tertiary/aromatic N) is 5. The first kappa shape index (κ1) is 23.7. The lowest BCUT2D eigenvalue weighted by molar-refractivity contribution is -0.141. The Morgan fingerprint density at radius 1 is 1.09 bits per heavy atom. The number of aromatic nitrogens is 5. The van der Waals surface area contributed by atoms with Gasteiger partial charge in [0.15, 0.2) is 5.65 Å². The Kier molecular flexibility index (Phi) is 6.83. The minimum Gasteiger partial charge on any atom is -0.251 e. The van der Waals surface area contributed by atoms with Crippen molar-refractivity contribution >= 4 is 23.3 Å². The average molecular weight is 488 g/mol. The maximum atomic E-state index is 13.0. The van der Waals surface area contributed by atoms with Crippen LogP contribution in [-0.2, 0) is 12.7 Å². The third-order valence-electron chi connectivity index (χ3n) is 5.24. The molecule has 0 aliphatic heterocycles. The summed E-state index contributed by atoms with van der Waals surface area (Å²) >= 11 is 6.06. The molecule has 34 heavy (non-hydrogen) atoms. The lowest BCUT2D eigenvalue weighted by Gasteiger charge is -2.07. The van der Waals surface area contributed by atoms with Crippen LogP contribution < -0.4 is 5.69 Å². The maximum Gasteiger partial charge on any atom is 0.433 e. The summed E-state index contributed by atoms with van der Waals surface area (Å²) in [5, 5.41) is 9.32. The first-order valence-electron chi connectivity index (χ1n) is 10.7. The molecule has 0 saturated carbocycles. The molecule has 10 heteroatoms. The minimum atomic E-state index is -4.53. The Balaban J connectivity index is 1.78. The van der Waals surface area contributed by atoms with Crippen LogP contribution in [-0.4, -0.2) is 24.4 Å². The van der Waals surface area contributed by atoms with Crippen LogP contribution in [0.1, 0.15) is 43.0 Å². The highest BCUT2D eigenvalue weighted by molar-refractivity contribution is 6.30. The van der Waals surface area contributed by atoms with Gasteiger partial charge in [0.1, 0.15) is 5.69 Å². The number of hydrogen-bond donors (Lipinski definition) is 0. The molecule has 6 nitrogen and oxygen atoms in total. The number of unbranched alkanes of at least 4 members (excludes halogenated alkanes) is 2. The van der Waals surface area contributed by atoms with E-state index in [1.54, 1.807) is 18.3 Å². The molecule has 0 aliphatic carbocycles. The average Bonchev–Trinajstić information content (AvgIpc) is 3.12. The fourth-order valence-corrected chi connectivity index (χ4v) is 3.63. The highest BCUT2D eigenvalue weighted by Crippen LogP contribution is 2.29. The lowest BCUT2D eigenvalue weighted by Crippen LogP contribution is -2.23. The second kappa shape index (κ2) is 9.80. The number of alkyl halides is 3. The maximum absolute atomic E-state index is 13.0. The van der Waals surface area contributed by atoms with E-state index in [0.29, 0.717) is 21.8 Å². The number of hydrogen-bond acceptors (Lipinski definition) is 4. The second-order valence-electron chi connectivity index (χ2n) is 7.75. The molecule has 0 saturated heterocycles. The number of rotatable bonds is 7. The van der Waals surface area contributed by atoms with Gasteiger partial charge in [-0.15, -0.1) is 5.10 Å². The lowest BCUT2D eigenvalue weighted by atomic mass is 10.0. The molecular weight excluding hydrogens is 467 g/mol. The summed E-state index contributed by atoms with van der Waals surface area (Å²) in [7, 11) is 0. The molecule has 176 valence electrons. The van der Waals surface area contributed by atoms with Gasteiger partial charge in [-0.25, -0.2) is 9.48 Å². The van der Waals surface area contributed by atoms with Crippen LogP contribution in [0.4, 0.5) is 13.2 Å². The van der Waals surface area contributed by atoms with Crippen LogP contribution >= 0.6 is 11.6 Å². The van der Waals surface area contributed by atoms with Crippen molar-refractivity contribution < 1.29 is 13.2 Å². The van der Waals surface area contributed by atoms with Gasteiger partial charge in [-0.3, -0.25) is 4.98 Å². The van der Waals surface area contributed by atoms with Gasteiger partial charge in [-0.05, 0) is 35.7 Å². The van der Waals surface area contributed by atoms with E-state index in [9.17, 15) is 18.0 Å². The fraction of sp³-hybridized carbons (Fsp3) is 0.250. The minimum absolute atomic E-state index is 0.0466. The number of fused-ring (bicyclic) bond motifs is 1. The van der Waals surface area contributed by atoms with Gasteiger partial charge < -0.3 is 0 Å². The molecule has 0 unspecified atom stereocenters. The van der Waals surface area contributed by atoms with Gasteiger partial charge in [-0.2, -0.15) is 22.8 Å². The zero-order valence-corrected chi connectivity index (χ0v) is 19.0. The molecule has 1 aromatic carbocycles. The van der Waals surface area contributed by atoms with Crippen molar-refractivity contribution in [1.29, 1.82) is 0 Å². The summed E-state index contributed by atoms with van der Waals surface area (Å²) < 4.78 is 40.7. The van der Waals surface area contributed by atoms with E-state index in [1.807, 2.05) is 18.2 Å².